The number of aryl methyl sites for hydroxylation is 1. The van der Waals surface area contributed by atoms with Crippen LogP contribution >= 0.6 is 23.2 Å². The molecule has 2 N–H and O–H groups in total. The van der Waals surface area contributed by atoms with E-state index in [9.17, 15) is 0 Å². The second-order valence-corrected chi connectivity index (χ2v) is 5.97. The largest absolute Gasteiger partial charge is 0.495 e. The Balaban J connectivity index is 2.22. The van der Waals surface area contributed by atoms with Gasteiger partial charge in [0.25, 0.3) is 0 Å². The van der Waals surface area contributed by atoms with Crippen LogP contribution in [0.5, 0.6) is 5.75 Å². The first-order chi connectivity index (χ1) is 11.1. The third kappa shape index (κ3) is 2.67. The molecule has 6 heteroatoms. The summed E-state index contributed by atoms with van der Waals surface area (Å²) in [4.78, 5) is 4.69. The Morgan fingerprint density at radius 3 is 2.57 bits per heavy atom. The molecule has 0 saturated heterocycles. The molecule has 0 amide bonds. The molecule has 3 aromatic rings. The number of aromatic nitrogens is 2. The average Bonchev–Trinajstić information content (AvgIpc) is 2.94. The Hall–Kier alpha value is -1.75. The average molecular weight is 350 g/mol. The summed E-state index contributed by atoms with van der Waals surface area (Å²) in [6, 6.07) is 10.8. The fourth-order valence-electron chi connectivity index (χ4n) is 2.84. The Morgan fingerprint density at radius 1 is 1.17 bits per heavy atom. The molecule has 1 aromatic heterocycles. The summed E-state index contributed by atoms with van der Waals surface area (Å²) >= 11 is 12.6. The van der Waals surface area contributed by atoms with E-state index in [4.69, 9.17) is 33.7 Å². The van der Waals surface area contributed by atoms with E-state index in [2.05, 4.69) is 16.5 Å². The van der Waals surface area contributed by atoms with Crippen LogP contribution in [-0.2, 0) is 6.54 Å². The SMILES string of the molecule is CCn1c(C(N)c2c(Cl)ccc(Cl)c2OC)nc2ccccc21. The van der Waals surface area contributed by atoms with E-state index in [-0.39, 0.29) is 0 Å². The molecule has 1 unspecified atom stereocenters. The van der Waals surface area contributed by atoms with Gasteiger partial charge in [0.15, 0.2) is 0 Å². The lowest BCUT2D eigenvalue weighted by atomic mass is 10.1. The molecular weight excluding hydrogens is 333 g/mol. The van der Waals surface area contributed by atoms with Crippen LogP contribution in [0.4, 0.5) is 0 Å². The molecule has 0 spiro atoms. The lowest BCUT2D eigenvalue weighted by molar-refractivity contribution is 0.407. The van der Waals surface area contributed by atoms with Crippen molar-refractivity contribution in [3.05, 3.63) is 57.8 Å². The van der Waals surface area contributed by atoms with E-state index < -0.39 is 6.04 Å². The smallest absolute Gasteiger partial charge is 0.144 e. The molecule has 2 aromatic carbocycles. The topological polar surface area (TPSA) is 53.1 Å². The summed E-state index contributed by atoms with van der Waals surface area (Å²) in [7, 11) is 1.55. The Bertz CT molecular complexity index is 860. The predicted octanol–water partition coefficient (Wildman–Crippen LogP) is 4.42. The minimum Gasteiger partial charge on any atom is -0.495 e. The molecule has 3 rings (SSSR count). The number of rotatable bonds is 4. The van der Waals surface area contributed by atoms with Crippen molar-refractivity contribution < 1.29 is 4.74 Å². The lowest BCUT2D eigenvalue weighted by Gasteiger charge is -2.19. The van der Waals surface area contributed by atoms with Crippen molar-refractivity contribution in [2.24, 2.45) is 5.73 Å². The first-order valence-electron chi connectivity index (χ1n) is 7.31. The maximum absolute atomic E-state index is 6.50. The van der Waals surface area contributed by atoms with Crippen molar-refractivity contribution >= 4 is 34.2 Å². The van der Waals surface area contributed by atoms with Gasteiger partial charge in [-0.05, 0) is 31.2 Å². The van der Waals surface area contributed by atoms with Crippen LogP contribution in [0.25, 0.3) is 11.0 Å². The first kappa shape index (κ1) is 16.1. The molecular formula is C17H17Cl2N3O. The van der Waals surface area contributed by atoms with Crippen molar-refractivity contribution in [1.82, 2.24) is 9.55 Å². The van der Waals surface area contributed by atoms with Gasteiger partial charge in [-0.3, -0.25) is 0 Å². The summed E-state index contributed by atoms with van der Waals surface area (Å²) in [6.07, 6.45) is 0. The molecule has 0 aliphatic rings. The van der Waals surface area contributed by atoms with Gasteiger partial charge < -0.3 is 15.0 Å². The quantitative estimate of drug-likeness (QED) is 0.758. The van der Waals surface area contributed by atoms with Crippen molar-refractivity contribution in [3.8, 4) is 5.75 Å². The molecule has 0 radical (unpaired) electrons. The molecule has 120 valence electrons. The number of nitrogens with two attached hydrogens (primary N) is 1. The number of ether oxygens (including phenoxy) is 1. The summed E-state index contributed by atoms with van der Waals surface area (Å²) in [5, 5.41) is 0.981. The molecule has 0 fully saturated rings. The van der Waals surface area contributed by atoms with Crippen LogP contribution in [-0.4, -0.2) is 16.7 Å². The summed E-state index contributed by atoms with van der Waals surface area (Å²) in [5.41, 5.74) is 9.08. The highest BCUT2D eigenvalue weighted by atomic mass is 35.5. The summed E-state index contributed by atoms with van der Waals surface area (Å²) in [6.45, 7) is 2.81. The van der Waals surface area contributed by atoms with Gasteiger partial charge in [-0.15, -0.1) is 0 Å². The maximum Gasteiger partial charge on any atom is 0.144 e. The van der Waals surface area contributed by atoms with Gasteiger partial charge in [0.1, 0.15) is 11.6 Å². The van der Waals surface area contributed by atoms with Gasteiger partial charge in [0, 0.05) is 17.1 Å². The van der Waals surface area contributed by atoms with Crippen LogP contribution in [0.15, 0.2) is 36.4 Å². The number of nitrogens with zero attached hydrogens (tertiary/aromatic N) is 2. The third-order valence-corrected chi connectivity index (χ3v) is 4.52. The summed E-state index contributed by atoms with van der Waals surface area (Å²) < 4.78 is 7.49. The number of hydrogen-bond donors (Lipinski definition) is 1. The Kier molecular flexibility index (Phi) is 4.48. The minimum absolute atomic E-state index is 0.474. The van der Waals surface area contributed by atoms with Crippen molar-refractivity contribution in [3.63, 3.8) is 0 Å². The zero-order valence-electron chi connectivity index (χ0n) is 12.9. The van der Waals surface area contributed by atoms with Crippen LogP contribution in [0.2, 0.25) is 10.0 Å². The monoisotopic (exact) mass is 349 g/mol. The van der Waals surface area contributed by atoms with Crippen LogP contribution in [0.1, 0.15) is 24.4 Å². The molecule has 0 bridgehead atoms. The highest BCUT2D eigenvalue weighted by molar-refractivity contribution is 6.35. The fraction of sp³-hybridized carbons (Fsp3) is 0.235. The normalized spacial score (nSPS) is 12.6. The first-order valence-corrected chi connectivity index (χ1v) is 8.06. The summed E-state index contributed by atoms with van der Waals surface area (Å²) in [5.74, 6) is 1.22. The van der Waals surface area contributed by atoms with Crippen molar-refractivity contribution in [2.45, 2.75) is 19.5 Å². The van der Waals surface area contributed by atoms with E-state index in [0.717, 1.165) is 23.4 Å². The Labute approximate surface area is 144 Å². The van der Waals surface area contributed by atoms with Gasteiger partial charge in [0.05, 0.1) is 29.2 Å². The zero-order valence-corrected chi connectivity index (χ0v) is 14.4. The molecule has 23 heavy (non-hydrogen) atoms. The van der Waals surface area contributed by atoms with E-state index in [1.807, 2.05) is 24.3 Å². The number of fused-ring (bicyclic) bond motifs is 1. The number of hydrogen-bond acceptors (Lipinski definition) is 3. The highest BCUT2D eigenvalue weighted by Crippen LogP contribution is 2.39. The highest BCUT2D eigenvalue weighted by Gasteiger charge is 2.24. The van der Waals surface area contributed by atoms with Gasteiger partial charge in [-0.1, -0.05) is 35.3 Å². The number of para-hydroxylation sites is 2. The zero-order chi connectivity index (χ0) is 16.6. The number of methoxy groups -OCH3 is 1. The van der Waals surface area contributed by atoms with Gasteiger partial charge in [0.2, 0.25) is 0 Å². The standard InChI is InChI=1S/C17H17Cl2N3O/c1-3-22-13-7-5-4-6-12(13)21-17(22)15(20)14-10(18)8-9-11(19)16(14)23-2/h4-9,15H,3,20H2,1-2H3. The number of halogens is 2. The molecule has 0 aliphatic heterocycles. The van der Waals surface area contributed by atoms with Crippen molar-refractivity contribution in [1.29, 1.82) is 0 Å². The molecule has 0 saturated carbocycles. The van der Waals surface area contributed by atoms with E-state index in [1.165, 1.54) is 0 Å². The molecule has 1 heterocycles. The number of benzene rings is 2. The van der Waals surface area contributed by atoms with Gasteiger partial charge in [-0.2, -0.15) is 0 Å². The van der Waals surface area contributed by atoms with E-state index in [1.54, 1.807) is 19.2 Å². The third-order valence-electron chi connectivity index (χ3n) is 3.89. The lowest BCUT2D eigenvalue weighted by Crippen LogP contribution is -2.19. The van der Waals surface area contributed by atoms with Crippen LogP contribution < -0.4 is 10.5 Å². The second-order valence-electron chi connectivity index (χ2n) is 5.16. The van der Waals surface area contributed by atoms with Crippen LogP contribution in [0.3, 0.4) is 0 Å². The molecule has 0 aliphatic carbocycles. The van der Waals surface area contributed by atoms with E-state index >= 15 is 0 Å². The van der Waals surface area contributed by atoms with E-state index in [0.29, 0.717) is 21.4 Å². The maximum atomic E-state index is 6.50. The predicted molar refractivity (Wildman–Crippen MR) is 94.5 cm³/mol. The van der Waals surface area contributed by atoms with Gasteiger partial charge >= 0.3 is 0 Å². The van der Waals surface area contributed by atoms with Gasteiger partial charge in [-0.25, -0.2) is 4.98 Å². The second kappa shape index (κ2) is 6.40. The van der Waals surface area contributed by atoms with Crippen molar-refractivity contribution in [2.75, 3.05) is 7.11 Å². The minimum atomic E-state index is -0.538. The molecule has 4 nitrogen and oxygen atoms in total. The molecule has 1 atom stereocenters. The Morgan fingerprint density at radius 2 is 1.87 bits per heavy atom. The van der Waals surface area contributed by atoms with Crippen LogP contribution in [0, 0.1) is 0 Å². The number of imidazole rings is 1. The fourth-order valence-corrected chi connectivity index (χ4v) is 3.35.